The molecule has 9 aromatic carbocycles. The first-order valence-electron chi connectivity index (χ1n) is 21.6. The molecule has 3 nitrogen and oxygen atoms in total. The maximum Gasteiger partial charge on any atom is 0.131 e. The number of fused-ring (bicyclic) bond motifs is 6. The monoisotopic (exact) mass is 805 g/mol. The summed E-state index contributed by atoms with van der Waals surface area (Å²) in [5, 5.41) is 4.76. The van der Waals surface area contributed by atoms with Crippen LogP contribution in [0.5, 0.6) is 0 Å². The highest BCUT2D eigenvalue weighted by Gasteiger charge is 2.48. The van der Waals surface area contributed by atoms with E-state index >= 15 is 0 Å². The minimum absolute atomic E-state index is 0.473. The van der Waals surface area contributed by atoms with Crippen LogP contribution in [-0.4, -0.2) is 10.8 Å². The van der Waals surface area contributed by atoms with Crippen molar-refractivity contribution in [2.24, 2.45) is 10.7 Å². The van der Waals surface area contributed by atoms with Gasteiger partial charge < -0.3 is 5.73 Å². The van der Waals surface area contributed by atoms with E-state index in [9.17, 15) is 0 Å². The Bertz CT molecular complexity index is 3310. The highest BCUT2D eigenvalue weighted by atomic mass is 14.9. The van der Waals surface area contributed by atoms with Gasteiger partial charge in [0.05, 0.1) is 11.1 Å². The highest BCUT2D eigenvalue weighted by Crippen LogP contribution is 2.60. The standard InChI is InChI=1S/C60H43N3/c61-59(43-19-4-1-5-20-43)63-56(37-32-41-17-14-21-44(39-41)45-22-16-38-62-40-45)52-36-35-51(49-28-12-13-29-50(49)52)53-30-15-31-54-55-34-33-42-18-10-11-27-48(42)57(55)60(58(53)54,46-23-6-2-7-24-46)47-25-8-3-9-26-47/h1-31,33-40H,32H2,(H2,61,63)/b56-37-. The van der Waals surface area contributed by atoms with Gasteiger partial charge in [0, 0.05) is 23.5 Å². The van der Waals surface area contributed by atoms with E-state index in [1.165, 1.54) is 60.8 Å². The van der Waals surface area contributed by atoms with E-state index < -0.39 is 5.41 Å². The molecule has 0 aliphatic heterocycles. The molecule has 0 amide bonds. The van der Waals surface area contributed by atoms with Crippen molar-refractivity contribution in [3.63, 3.8) is 0 Å². The van der Waals surface area contributed by atoms with Gasteiger partial charge in [-0.05, 0) is 95.2 Å². The minimum atomic E-state index is -0.603. The lowest BCUT2D eigenvalue weighted by molar-refractivity contribution is 0.777. The van der Waals surface area contributed by atoms with Crippen LogP contribution in [0.15, 0.2) is 242 Å². The Morgan fingerprint density at radius 3 is 1.83 bits per heavy atom. The summed E-state index contributed by atoms with van der Waals surface area (Å²) in [6, 6.07) is 78.6. The summed E-state index contributed by atoms with van der Waals surface area (Å²) in [4.78, 5) is 9.59. The second kappa shape index (κ2) is 16.0. The van der Waals surface area contributed by atoms with E-state index in [1.807, 2.05) is 48.8 Å². The lowest BCUT2D eigenvalue weighted by Gasteiger charge is -2.36. The molecule has 10 aromatic rings. The number of aliphatic imine (C=N–C) groups is 1. The summed E-state index contributed by atoms with van der Waals surface area (Å²) in [5.74, 6) is 0.473. The number of allylic oxidation sites excluding steroid dienone is 1. The molecule has 0 radical (unpaired) electrons. The predicted octanol–water partition coefficient (Wildman–Crippen LogP) is 14.1. The van der Waals surface area contributed by atoms with Crippen LogP contribution < -0.4 is 5.73 Å². The molecule has 1 heterocycles. The third-order valence-corrected chi connectivity index (χ3v) is 12.7. The topological polar surface area (TPSA) is 51.3 Å². The fraction of sp³-hybridized carbons (Fsp3) is 0.0333. The molecule has 0 spiro atoms. The van der Waals surface area contributed by atoms with Gasteiger partial charge in [-0.2, -0.15) is 0 Å². The molecular formula is C60H43N3. The van der Waals surface area contributed by atoms with Gasteiger partial charge in [-0.3, -0.25) is 4.98 Å². The molecule has 1 aliphatic rings. The third-order valence-electron chi connectivity index (χ3n) is 12.7. The fourth-order valence-electron chi connectivity index (χ4n) is 9.95. The number of benzene rings is 9. The normalized spacial score (nSPS) is 13.2. The second-order valence-electron chi connectivity index (χ2n) is 16.2. The number of nitrogens with zero attached hydrogens (tertiary/aromatic N) is 2. The largest absolute Gasteiger partial charge is 0.383 e. The van der Waals surface area contributed by atoms with Gasteiger partial charge in [0.15, 0.2) is 0 Å². The van der Waals surface area contributed by atoms with Crippen LogP contribution in [-0.2, 0) is 11.8 Å². The van der Waals surface area contributed by atoms with Gasteiger partial charge in [0.1, 0.15) is 5.84 Å². The predicted molar refractivity (Wildman–Crippen MR) is 263 cm³/mol. The molecule has 11 rings (SSSR count). The zero-order chi connectivity index (χ0) is 42.2. The Balaban J connectivity index is 1.14. The summed E-state index contributed by atoms with van der Waals surface area (Å²) < 4.78 is 0. The van der Waals surface area contributed by atoms with E-state index in [-0.39, 0.29) is 0 Å². The molecule has 0 unspecified atom stereocenters. The van der Waals surface area contributed by atoms with Crippen LogP contribution in [0.4, 0.5) is 0 Å². The van der Waals surface area contributed by atoms with Crippen molar-refractivity contribution in [3.8, 4) is 33.4 Å². The van der Waals surface area contributed by atoms with Gasteiger partial charge in [-0.25, -0.2) is 4.99 Å². The zero-order valence-electron chi connectivity index (χ0n) is 34.7. The molecule has 3 heteroatoms. The summed E-state index contributed by atoms with van der Waals surface area (Å²) in [6.45, 7) is 0. The van der Waals surface area contributed by atoms with Gasteiger partial charge in [0.2, 0.25) is 0 Å². The lowest BCUT2D eigenvalue weighted by Crippen LogP contribution is -2.29. The number of rotatable bonds is 9. The molecule has 1 aliphatic carbocycles. The Kier molecular flexibility index (Phi) is 9.63. The number of aromatic nitrogens is 1. The smallest absolute Gasteiger partial charge is 0.131 e. The van der Waals surface area contributed by atoms with Crippen LogP contribution in [0.1, 0.15) is 38.9 Å². The maximum atomic E-state index is 6.85. The minimum Gasteiger partial charge on any atom is -0.383 e. The zero-order valence-corrected chi connectivity index (χ0v) is 34.7. The number of pyridine rings is 1. The molecular weight excluding hydrogens is 763 g/mol. The lowest BCUT2D eigenvalue weighted by atomic mass is 9.65. The Hall–Kier alpha value is -8.14. The summed E-state index contributed by atoms with van der Waals surface area (Å²) in [6.07, 6.45) is 6.60. The molecule has 0 bridgehead atoms. The quantitative estimate of drug-likeness (QED) is 0.117. The van der Waals surface area contributed by atoms with Crippen LogP contribution in [0, 0.1) is 0 Å². The van der Waals surface area contributed by atoms with Gasteiger partial charge in [-0.1, -0.05) is 218 Å². The van der Waals surface area contributed by atoms with E-state index in [2.05, 4.69) is 193 Å². The van der Waals surface area contributed by atoms with Gasteiger partial charge in [0.25, 0.3) is 0 Å². The first-order valence-corrected chi connectivity index (χ1v) is 21.6. The van der Waals surface area contributed by atoms with E-state index in [1.54, 1.807) is 0 Å². The van der Waals surface area contributed by atoms with Crippen molar-refractivity contribution in [2.75, 3.05) is 0 Å². The SMILES string of the molecule is NC(=N/C(=C\Cc1cccc(-c2cccnc2)c1)c1ccc(-c2cccc3c2C(c2ccccc2)(c2ccccc2)c2c-3ccc3ccccc23)c2ccccc12)c1ccccc1. The van der Waals surface area contributed by atoms with E-state index in [4.69, 9.17) is 10.7 Å². The molecule has 0 saturated heterocycles. The van der Waals surface area contributed by atoms with Crippen LogP contribution in [0.2, 0.25) is 0 Å². The Morgan fingerprint density at radius 2 is 1.10 bits per heavy atom. The second-order valence-corrected chi connectivity index (χ2v) is 16.2. The van der Waals surface area contributed by atoms with Crippen molar-refractivity contribution in [1.82, 2.24) is 4.98 Å². The van der Waals surface area contributed by atoms with Gasteiger partial charge in [-0.15, -0.1) is 0 Å². The van der Waals surface area contributed by atoms with Crippen molar-refractivity contribution in [2.45, 2.75) is 11.8 Å². The van der Waals surface area contributed by atoms with E-state index in [0.717, 1.165) is 38.7 Å². The Morgan fingerprint density at radius 1 is 0.492 bits per heavy atom. The van der Waals surface area contributed by atoms with Crippen molar-refractivity contribution in [3.05, 3.63) is 276 Å². The average Bonchev–Trinajstić information content (AvgIpc) is 3.68. The van der Waals surface area contributed by atoms with Crippen LogP contribution >= 0.6 is 0 Å². The van der Waals surface area contributed by atoms with Gasteiger partial charge >= 0.3 is 0 Å². The average molecular weight is 806 g/mol. The first kappa shape index (κ1) is 37.8. The number of hydrogen-bond acceptors (Lipinski definition) is 2. The fourth-order valence-corrected chi connectivity index (χ4v) is 9.95. The summed E-state index contributed by atoms with van der Waals surface area (Å²) >= 11 is 0. The maximum absolute atomic E-state index is 6.85. The Labute approximate surface area is 368 Å². The van der Waals surface area contributed by atoms with Crippen molar-refractivity contribution >= 4 is 33.1 Å². The summed E-state index contributed by atoms with van der Waals surface area (Å²) in [5.41, 5.74) is 22.4. The third kappa shape index (κ3) is 6.54. The first-order chi connectivity index (χ1) is 31.2. The van der Waals surface area contributed by atoms with Crippen LogP contribution in [0.25, 0.3) is 60.6 Å². The molecule has 0 fully saturated rings. The number of nitrogens with two attached hydrogens (primary N) is 1. The van der Waals surface area contributed by atoms with Crippen molar-refractivity contribution in [1.29, 1.82) is 0 Å². The van der Waals surface area contributed by atoms with Crippen molar-refractivity contribution < 1.29 is 0 Å². The molecule has 298 valence electrons. The number of amidine groups is 1. The van der Waals surface area contributed by atoms with E-state index in [0.29, 0.717) is 12.3 Å². The number of hydrogen-bond donors (Lipinski definition) is 1. The highest BCUT2D eigenvalue weighted by molar-refractivity contribution is 6.09. The molecule has 1 aromatic heterocycles. The molecule has 0 atom stereocenters. The summed E-state index contributed by atoms with van der Waals surface area (Å²) in [7, 11) is 0. The van der Waals surface area contributed by atoms with Crippen LogP contribution in [0.3, 0.4) is 0 Å². The molecule has 0 saturated carbocycles. The molecule has 2 N–H and O–H groups in total. The molecule has 63 heavy (non-hydrogen) atoms.